The maximum absolute atomic E-state index is 13.3. The third kappa shape index (κ3) is 3.39. The van der Waals surface area contributed by atoms with E-state index in [4.69, 9.17) is 0 Å². The summed E-state index contributed by atoms with van der Waals surface area (Å²) < 4.78 is 27.8. The van der Waals surface area contributed by atoms with Gasteiger partial charge in [-0.25, -0.2) is 4.39 Å². The summed E-state index contributed by atoms with van der Waals surface area (Å²) >= 11 is 1.55. The van der Waals surface area contributed by atoms with Crippen LogP contribution in [0.2, 0.25) is 0 Å². The number of rotatable bonds is 3. The molecule has 1 aromatic carbocycles. The highest BCUT2D eigenvalue weighted by molar-refractivity contribution is 14.2. The van der Waals surface area contributed by atoms with Gasteiger partial charge in [0.25, 0.3) is 26.9 Å². The Morgan fingerprint density at radius 2 is 2.25 bits per heavy atom. The van der Waals surface area contributed by atoms with E-state index in [9.17, 15) is 19.1 Å². The average molecular weight is 356 g/mol. The number of hydrogen-bond donors (Lipinski definition) is 0. The molecule has 0 fully saturated rings. The van der Waals surface area contributed by atoms with Crippen LogP contribution in [0.1, 0.15) is 12.5 Å². The second-order valence-electron chi connectivity index (χ2n) is 2.80. The summed E-state index contributed by atoms with van der Waals surface area (Å²) in [4.78, 5) is 9.86. The number of nitro benzene ring substituents is 1. The quantitative estimate of drug-likeness (QED) is 0.275. The zero-order valence-corrected chi connectivity index (χ0v) is 11.0. The Labute approximate surface area is 106 Å². The van der Waals surface area contributed by atoms with E-state index in [-0.39, 0.29) is 17.0 Å². The molecule has 16 heavy (non-hydrogen) atoms. The summed E-state index contributed by atoms with van der Waals surface area (Å²) in [5.74, 6) is -0.631. The summed E-state index contributed by atoms with van der Waals surface area (Å²) in [6.45, 7) is 1.44. The fourth-order valence-corrected chi connectivity index (χ4v) is 2.26. The van der Waals surface area contributed by atoms with Gasteiger partial charge in [-0.15, -0.1) is 0 Å². The van der Waals surface area contributed by atoms with Gasteiger partial charge in [-0.05, 0) is 13.0 Å². The number of nitrogens with zero attached hydrogens (tertiary/aromatic N) is 2. The van der Waals surface area contributed by atoms with E-state index in [0.717, 1.165) is 18.2 Å². The second kappa shape index (κ2) is 5.55. The first kappa shape index (κ1) is 13.3. The van der Waals surface area contributed by atoms with E-state index in [1.807, 2.05) is 0 Å². The molecule has 0 radical (unpaired) electrons. The van der Waals surface area contributed by atoms with Crippen LogP contribution < -0.4 is 0 Å². The molecular weight excluding hydrogens is 350 g/mol. The molecule has 1 atom stereocenters. The minimum Gasteiger partial charge on any atom is -0.583 e. The predicted molar refractivity (Wildman–Crippen MR) is 67.4 cm³/mol. The lowest BCUT2D eigenvalue weighted by molar-refractivity contribution is -0.384. The first-order valence-electron chi connectivity index (χ1n) is 3.99. The molecule has 0 aromatic heterocycles. The molecule has 0 N–H and O–H groups in total. The Morgan fingerprint density at radius 1 is 1.62 bits per heavy atom. The lowest BCUT2D eigenvalue weighted by atomic mass is 10.1. The molecule has 0 spiro atoms. The van der Waals surface area contributed by atoms with Crippen molar-refractivity contribution >= 4 is 41.1 Å². The van der Waals surface area contributed by atoms with Crippen molar-refractivity contribution in [3.8, 4) is 0 Å². The molecular formula is C8H6FIN2O3S. The highest BCUT2D eigenvalue weighted by atomic mass is 127. The van der Waals surface area contributed by atoms with Crippen LogP contribution in [0.25, 0.3) is 0 Å². The molecule has 0 amide bonds. The van der Waals surface area contributed by atoms with Crippen molar-refractivity contribution < 1.29 is 13.9 Å². The first-order chi connectivity index (χ1) is 7.41. The SMILES string of the molecule is C/C(=N\[S+]([O-])I)c1cc([N+](=O)[O-])ccc1F. The second-order valence-corrected chi connectivity index (χ2v) is 5.66. The average Bonchev–Trinajstić information content (AvgIpc) is 2.16. The zero-order chi connectivity index (χ0) is 12.3. The van der Waals surface area contributed by atoms with Crippen molar-refractivity contribution in [2.45, 2.75) is 6.92 Å². The smallest absolute Gasteiger partial charge is 0.283 e. The number of hydrogen-bond acceptors (Lipinski definition) is 4. The molecule has 1 unspecified atom stereocenters. The van der Waals surface area contributed by atoms with Crippen LogP contribution in [0.4, 0.5) is 10.1 Å². The summed E-state index contributed by atoms with van der Waals surface area (Å²) in [6, 6.07) is 3.12. The van der Waals surface area contributed by atoms with Crippen molar-refractivity contribution in [1.29, 1.82) is 0 Å². The van der Waals surface area contributed by atoms with Crippen LogP contribution in [0.15, 0.2) is 22.6 Å². The van der Waals surface area contributed by atoms with Gasteiger partial charge < -0.3 is 4.55 Å². The minimum absolute atomic E-state index is 0.0146. The zero-order valence-electron chi connectivity index (χ0n) is 8.02. The van der Waals surface area contributed by atoms with Gasteiger partial charge in [-0.2, -0.15) is 0 Å². The summed E-state index contributed by atoms with van der Waals surface area (Å²) in [6.07, 6.45) is 0. The van der Waals surface area contributed by atoms with Gasteiger partial charge in [-0.3, -0.25) is 10.1 Å². The first-order valence-corrected chi connectivity index (χ1v) is 7.64. The molecule has 86 valence electrons. The molecule has 0 aliphatic heterocycles. The van der Waals surface area contributed by atoms with Crippen molar-refractivity contribution in [2.24, 2.45) is 4.40 Å². The third-order valence-corrected chi connectivity index (χ3v) is 2.77. The van der Waals surface area contributed by atoms with E-state index in [0.29, 0.717) is 0 Å². The number of nitro groups is 1. The van der Waals surface area contributed by atoms with E-state index in [1.165, 1.54) is 6.92 Å². The fourth-order valence-electron chi connectivity index (χ4n) is 1.06. The predicted octanol–water partition coefficient (Wildman–Crippen LogP) is 2.56. The summed E-state index contributed by atoms with van der Waals surface area (Å²) in [7, 11) is -1.50. The monoisotopic (exact) mass is 356 g/mol. The summed E-state index contributed by atoms with van der Waals surface area (Å²) in [5.41, 5.74) is -0.0849. The van der Waals surface area contributed by atoms with Crippen molar-refractivity contribution in [1.82, 2.24) is 0 Å². The minimum atomic E-state index is -1.50. The van der Waals surface area contributed by atoms with Crippen LogP contribution in [-0.2, 0) is 8.53 Å². The van der Waals surface area contributed by atoms with Crippen LogP contribution in [0.3, 0.4) is 0 Å². The molecule has 0 aliphatic rings. The largest absolute Gasteiger partial charge is 0.583 e. The van der Waals surface area contributed by atoms with Crippen molar-refractivity contribution in [3.05, 3.63) is 39.7 Å². The van der Waals surface area contributed by atoms with E-state index in [1.54, 1.807) is 21.2 Å². The van der Waals surface area contributed by atoms with Gasteiger partial charge in [0.2, 0.25) is 0 Å². The third-order valence-electron chi connectivity index (χ3n) is 1.76. The summed E-state index contributed by atoms with van der Waals surface area (Å²) in [5, 5.41) is 10.5. The maximum atomic E-state index is 13.3. The molecule has 0 bridgehead atoms. The molecule has 8 heteroatoms. The number of halogens is 2. The van der Waals surface area contributed by atoms with Gasteiger partial charge in [-0.1, -0.05) is 4.40 Å². The van der Waals surface area contributed by atoms with E-state index < -0.39 is 19.3 Å². The lowest BCUT2D eigenvalue weighted by Gasteiger charge is -2.01. The highest BCUT2D eigenvalue weighted by Crippen LogP contribution is 2.18. The van der Waals surface area contributed by atoms with Crippen LogP contribution in [0.5, 0.6) is 0 Å². The van der Waals surface area contributed by atoms with Crippen LogP contribution in [0, 0.1) is 15.9 Å². The Balaban J connectivity index is 3.22. The van der Waals surface area contributed by atoms with E-state index in [2.05, 4.69) is 4.40 Å². The van der Waals surface area contributed by atoms with Gasteiger partial charge in [0.05, 0.1) is 10.6 Å². The Morgan fingerprint density at radius 3 is 2.75 bits per heavy atom. The molecule has 1 rings (SSSR count). The van der Waals surface area contributed by atoms with Gasteiger partial charge in [0, 0.05) is 17.7 Å². The van der Waals surface area contributed by atoms with Crippen molar-refractivity contribution in [2.75, 3.05) is 0 Å². The Hall–Kier alpha value is -0.740. The van der Waals surface area contributed by atoms with Gasteiger partial charge in [0.1, 0.15) is 5.82 Å². The molecule has 5 nitrogen and oxygen atoms in total. The number of non-ortho nitro benzene ring substituents is 1. The van der Waals surface area contributed by atoms with E-state index >= 15 is 0 Å². The topological polar surface area (TPSA) is 78.6 Å². The molecule has 0 saturated heterocycles. The van der Waals surface area contributed by atoms with Gasteiger partial charge >= 0.3 is 0 Å². The Kier molecular flexibility index (Phi) is 4.62. The fraction of sp³-hybridized carbons (Fsp3) is 0.125. The molecule has 0 aliphatic carbocycles. The molecule has 1 aromatic rings. The van der Waals surface area contributed by atoms with Crippen LogP contribution >= 0.6 is 21.2 Å². The van der Waals surface area contributed by atoms with Crippen molar-refractivity contribution in [3.63, 3.8) is 0 Å². The van der Waals surface area contributed by atoms with Gasteiger partial charge in [0.15, 0.2) is 8.53 Å². The lowest BCUT2D eigenvalue weighted by Crippen LogP contribution is -2.02. The maximum Gasteiger partial charge on any atom is 0.283 e. The Bertz CT molecular complexity index is 453. The molecule has 0 saturated carbocycles. The normalized spacial score (nSPS) is 13.6. The number of benzene rings is 1. The molecule has 0 heterocycles. The highest BCUT2D eigenvalue weighted by Gasteiger charge is 2.14. The standard InChI is InChI=1S/C8H6FIN2O3S/c1-5(11-16(10)15)7-4-6(12(13)14)2-3-8(7)9/h2-4H,1H3/b11-5+. The van der Waals surface area contributed by atoms with Crippen LogP contribution in [-0.4, -0.2) is 15.2 Å².